The summed E-state index contributed by atoms with van der Waals surface area (Å²) < 4.78 is 27.2. The smallest absolute Gasteiger partial charge is 0.243 e. The van der Waals surface area contributed by atoms with Crippen LogP contribution in [0.1, 0.15) is 6.42 Å². The van der Waals surface area contributed by atoms with Crippen molar-refractivity contribution in [3.63, 3.8) is 0 Å². The lowest BCUT2D eigenvalue weighted by molar-refractivity contribution is 0.433. The molecule has 0 spiro atoms. The van der Waals surface area contributed by atoms with E-state index in [1.54, 1.807) is 34.8 Å². The molecule has 1 fully saturated rings. The third kappa shape index (κ3) is 3.91. The van der Waals surface area contributed by atoms with Gasteiger partial charge in [-0.15, -0.1) is 0 Å². The molecule has 0 atom stereocenters. The average Bonchev–Trinajstić information content (AvgIpc) is 2.89. The summed E-state index contributed by atoms with van der Waals surface area (Å²) in [6, 6.07) is 10.5. The Kier molecular flexibility index (Phi) is 5.19. The molecule has 0 radical (unpaired) electrons. The van der Waals surface area contributed by atoms with Crippen LogP contribution in [0.2, 0.25) is 0 Å². The average molecular weight is 361 g/mol. The van der Waals surface area contributed by atoms with E-state index in [4.69, 9.17) is 0 Å². The molecule has 8 heteroatoms. The Bertz CT molecular complexity index is 811. The Hall–Kier alpha value is -2.19. The Morgan fingerprint density at radius 3 is 2.48 bits per heavy atom. The van der Waals surface area contributed by atoms with Crippen molar-refractivity contribution in [1.29, 1.82) is 0 Å². The van der Waals surface area contributed by atoms with Crippen LogP contribution in [-0.2, 0) is 10.0 Å². The summed E-state index contributed by atoms with van der Waals surface area (Å²) in [5.74, 6) is 1.48. The summed E-state index contributed by atoms with van der Waals surface area (Å²) in [7, 11) is 0.350. The SMILES string of the molecule is CN(C)c1nccc(N2CCCN(S(=O)(=O)c3ccccc3)CC2)n1. The summed E-state index contributed by atoms with van der Waals surface area (Å²) in [5, 5.41) is 0. The molecule has 0 N–H and O–H groups in total. The van der Waals surface area contributed by atoms with E-state index in [1.807, 2.05) is 31.1 Å². The van der Waals surface area contributed by atoms with Crippen molar-refractivity contribution >= 4 is 21.8 Å². The predicted molar refractivity (Wildman–Crippen MR) is 98.4 cm³/mol. The lowest BCUT2D eigenvalue weighted by atomic mass is 10.4. The van der Waals surface area contributed by atoms with Gasteiger partial charge in [0.25, 0.3) is 0 Å². The molecule has 1 aliphatic heterocycles. The van der Waals surface area contributed by atoms with Crippen molar-refractivity contribution in [2.24, 2.45) is 0 Å². The molecule has 0 bridgehead atoms. The molecule has 1 aliphatic rings. The van der Waals surface area contributed by atoms with Gasteiger partial charge in [0.1, 0.15) is 5.82 Å². The molecule has 2 heterocycles. The first-order valence-corrected chi connectivity index (χ1v) is 9.73. The summed E-state index contributed by atoms with van der Waals surface area (Å²) in [6.45, 7) is 2.33. The van der Waals surface area contributed by atoms with Crippen molar-refractivity contribution in [3.05, 3.63) is 42.6 Å². The van der Waals surface area contributed by atoms with E-state index in [-0.39, 0.29) is 0 Å². The van der Waals surface area contributed by atoms with Crippen LogP contribution in [-0.4, -0.2) is 63.0 Å². The fraction of sp³-hybridized carbons (Fsp3) is 0.412. The normalized spacial score (nSPS) is 16.5. The zero-order valence-corrected chi connectivity index (χ0v) is 15.4. The zero-order chi connectivity index (χ0) is 17.9. The van der Waals surface area contributed by atoms with Crippen molar-refractivity contribution in [2.45, 2.75) is 11.3 Å². The minimum atomic E-state index is -3.45. The number of anilines is 2. The summed E-state index contributed by atoms with van der Waals surface area (Å²) in [5.41, 5.74) is 0. The van der Waals surface area contributed by atoms with Gasteiger partial charge in [0.05, 0.1) is 4.90 Å². The first-order valence-electron chi connectivity index (χ1n) is 8.29. The van der Waals surface area contributed by atoms with Crippen LogP contribution in [0.5, 0.6) is 0 Å². The van der Waals surface area contributed by atoms with Gasteiger partial charge < -0.3 is 9.80 Å². The van der Waals surface area contributed by atoms with Crippen molar-refractivity contribution < 1.29 is 8.42 Å². The van der Waals surface area contributed by atoms with Crippen molar-refractivity contribution in [1.82, 2.24) is 14.3 Å². The van der Waals surface area contributed by atoms with Gasteiger partial charge in [0.15, 0.2) is 0 Å². The van der Waals surface area contributed by atoms with Crippen LogP contribution >= 0.6 is 0 Å². The van der Waals surface area contributed by atoms with E-state index < -0.39 is 10.0 Å². The van der Waals surface area contributed by atoms with Crippen LogP contribution in [0, 0.1) is 0 Å². The molecule has 0 unspecified atom stereocenters. The van der Waals surface area contributed by atoms with Crippen molar-refractivity contribution in [3.8, 4) is 0 Å². The summed E-state index contributed by atoms with van der Waals surface area (Å²) in [6.07, 6.45) is 2.49. The number of hydrogen-bond acceptors (Lipinski definition) is 6. The number of hydrogen-bond donors (Lipinski definition) is 0. The standard InChI is InChI=1S/C17H23N5O2S/c1-20(2)17-18-10-9-16(19-17)21-11-6-12-22(14-13-21)25(23,24)15-7-4-3-5-8-15/h3-5,7-10H,6,11-14H2,1-2H3. The summed E-state index contributed by atoms with van der Waals surface area (Å²) in [4.78, 5) is 13.1. The minimum Gasteiger partial charge on any atom is -0.355 e. The van der Waals surface area contributed by atoms with Crippen LogP contribution in [0.4, 0.5) is 11.8 Å². The van der Waals surface area contributed by atoms with E-state index in [9.17, 15) is 8.42 Å². The van der Waals surface area contributed by atoms with Gasteiger partial charge in [0.2, 0.25) is 16.0 Å². The second-order valence-electron chi connectivity index (χ2n) is 6.17. The van der Waals surface area contributed by atoms with Crippen LogP contribution < -0.4 is 9.80 Å². The first kappa shape index (κ1) is 17.6. The molecular formula is C17H23N5O2S. The zero-order valence-electron chi connectivity index (χ0n) is 14.5. The molecule has 134 valence electrons. The van der Waals surface area contributed by atoms with Gasteiger partial charge in [-0.25, -0.2) is 13.4 Å². The van der Waals surface area contributed by atoms with E-state index in [0.717, 1.165) is 18.8 Å². The highest BCUT2D eigenvalue weighted by Crippen LogP contribution is 2.20. The number of sulfonamides is 1. The van der Waals surface area contributed by atoms with Crippen molar-refractivity contribution in [2.75, 3.05) is 50.1 Å². The molecule has 1 aromatic heterocycles. The number of benzene rings is 1. The fourth-order valence-electron chi connectivity index (χ4n) is 2.84. The highest BCUT2D eigenvalue weighted by molar-refractivity contribution is 7.89. The highest BCUT2D eigenvalue weighted by atomic mass is 32.2. The predicted octanol–water partition coefficient (Wildman–Crippen LogP) is 1.44. The second-order valence-corrected chi connectivity index (χ2v) is 8.10. The quantitative estimate of drug-likeness (QED) is 0.821. The van der Waals surface area contributed by atoms with Gasteiger partial charge in [0, 0.05) is 46.5 Å². The van der Waals surface area contributed by atoms with Gasteiger partial charge in [-0.1, -0.05) is 18.2 Å². The Labute approximate surface area is 149 Å². The van der Waals surface area contributed by atoms with E-state index in [2.05, 4.69) is 14.9 Å². The molecule has 0 amide bonds. The van der Waals surface area contributed by atoms with Crippen LogP contribution in [0.15, 0.2) is 47.5 Å². The van der Waals surface area contributed by atoms with Gasteiger partial charge >= 0.3 is 0 Å². The minimum absolute atomic E-state index is 0.348. The molecule has 1 saturated heterocycles. The third-order valence-corrected chi connectivity index (χ3v) is 6.10. The maximum Gasteiger partial charge on any atom is 0.243 e. The van der Waals surface area contributed by atoms with Crippen LogP contribution in [0.25, 0.3) is 0 Å². The molecule has 1 aromatic carbocycles. The molecule has 0 saturated carbocycles. The Morgan fingerprint density at radius 2 is 1.76 bits per heavy atom. The highest BCUT2D eigenvalue weighted by Gasteiger charge is 2.27. The molecular weight excluding hydrogens is 338 g/mol. The second kappa shape index (κ2) is 7.37. The summed E-state index contributed by atoms with van der Waals surface area (Å²) >= 11 is 0. The molecule has 25 heavy (non-hydrogen) atoms. The van der Waals surface area contributed by atoms with Gasteiger partial charge in [-0.2, -0.15) is 9.29 Å². The monoisotopic (exact) mass is 361 g/mol. The Balaban J connectivity index is 1.76. The number of nitrogens with zero attached hydrogens (tertiary/aromatic N) is 5. The lowest BCUT2D eigenvalue weighted by Crippen LogP contribution is -2.35. The van der Waals surface area contributed by atoms with E-state index >= 15 is 0 Å². The van der Waals surface area contributed by atoms with Gasteiger partial charge in [-0.3, -0.25) is 0 Å². The molecule has 0 aliphatic carbocycles. The molecule has 2 aromatic rings. The number of rotatable bonds is 4. The van der Waals surface area contributed by atoms with Gasteiger partial charge in [-0.05, 0) is 24.6 Å². The topological polar surface area (TPSA) is 69.6 Å². The maximum absolute atomic E-state index is 12.8. The first-order chi connectivity index (χ1) is 12.0. The molecule has 7 nitrogen and oxygen atoms in total. The van der Waals surface area contributed by atoms with E-state index in [0.29, 0.717) is 30.5 Å². The largest absolute Gasteiger partial charge is 0.355 e. The lowest BCUT2D eigenvalue weighted by Gasteiger charge is -2.23. The fourth-order valence-corrected chi connectivity index (χ4v) is 4.33. The molecule has 3 rings (SSSR count). The maximum atomic E-state index is 12.8. The van der Waals surface area contributed by atoms with Crippen LogP contribution in [0.3, 0.4) is 0 Å². The number of aromatic nitrogens is 2. The van der Waals surface area contributed by atoms with E-state index in [1.165, 1.54) is 0 Å². The Morgan fingerprint density at radius 1 is 1.00 bits per heavy atom. The third-order valence-electron chi connectivity index (χ3n) is 4.19.